The second-order valence-corrected chi connectivity index (χ2v) is 2.56. The summed E-state index contributed by atoms with van der Waals surface area (Å²) in [4.78, 5) is 3.94. The summed E-state index contributed by atoms with van der Waals surface area (Å²) >= 11 is 0. The summed E-state index contributed by atoms with van der Waals surface area (Å²) in [5, 5.41) is 0. The van der Waals surface area contributed by atoms with Crippen molar-refractivity contribution in [2.75, 3.05) is 6.54 Å². The van der Waals surface area contributed by atoms with Gasteiger partial charge in [0.25, 0.3) is 6.02 Å². The van der Waals surface area contributed by atoms with Crippen LogP contribution in [-0.2, 0) is 4.74 Å². The van der Waals surface area contributed by atoms with E-state index in [9.17, 15) is 0 Å². The van der Waals surface area contributed by atoms with E-state index in [1.165, 1.54) is 12.8 Å². The molecule has 0 aliphatic carbocycles. The topological polar surface area (TPSA) is 47.6 Å². The van der Waals surface area contributed by atoms with E-state index in [0.717, 1.165) is 13.0 Å². The molecule has 0 fully saturated rings. The molecule has 3 nitrogen and oxygen atoms in total. The Labute approximate surface area is 61.3 Å². The molecule has 0 aromatic carbocycles. The molecule has 0 amide bonds. The van der Waals surface area contributed by atoms with Gasteiger partial charge in [0.15, 0.2) is 0 Å². The molecule has 1 heterocycles. The largest absolute Gasteiger partial charge is 0.460 e. The molecule has 0 bridgehead atoms. The van der Waals surface area contributed by atoms with Crippen LogP contribution in [-0.4, -0.2) is 18.7 Å². The van der Waals surface area contributed by atoms with Crippen LogP contribution in [0.3, 0.4) is 0 Å². The van der Waals surface area contributed by atoms with Gasteiger partial charge in [-0.3, -0.25) is 0 Å². The lowest BCUT2D eigenvalue weighted by atomic mass is 10.2. The quantitative estimate of drug-likeness (QED) is 0.636. The fourth-order valence-corrected chi connectivity index (χ4v) is 1.02. The summed E-state index contributed by atoms with van der Waals surface area (Å²) in [6, 6.07) is 0.362. The monoisotopic (exact) mass is 142 g/mol. The molecule has 1 aliphatic rings. The maximum atomic E-state index is 5.32. The van der Waals surface area contributed by atoms with Crippen molar-refractivity contribution in [1.29, 1.82) is 0 Å². The number of hydrogen-bond donors (Lipinski definition) is 1. The first-order chi connectivity index (χ1) is 4.83. The second-order valence-electron chi connectivity index (χ2n) is 2.56. The van der Waals surface area contributed by atoms with E-state index in [1.807, 2.05) is 0 Å². The van der Waals surface area contributed by atoms with Gasteiger partial charge in [-0.05, 0) is 12.8 Å². The summed E-state index contributed by atoms with van der Waals surface area (Å²) in [7, 11) is 0. The van der Waals surface area contributed by atoms with Crippen molar-refractivity contribution in [3.05, 3.63) is 0 Å². The van der Waals surface area contributed by atoms with Crippen LogP contribution in [0.25, 0.3) is 0 Å². The van der Waals surface area contributed by atoms with Crippen LogP contribution in [0.15, 0.2) is 4.99 Å². The molecule has 1 rings (SSSR count). The smallest absolute Gasteiger partial charge is 0.282 e. The zero-order valence-electron chi connectivity index (χ0n) is 6.34. The molecule has 3 heteroatoms. The highest BCUT2D eigenvalue weighted by molar-refractivity contribution is 5.72. The predicted octanol–water partition coefficient (Wildman–Crippen LogP) is 0.890. The highest BCUT2D eigenvalue weighted by Gasteiger charge is 2.15. The van der Waals surface area contributed by atoms with Crippen molar-refractivity contribution in [1.82, 2.24) is 0 Å². The van der Waals surface area contributed by atoms with E-state index in [2.05, 4.69) is 11.9 Å². The van der Waals surface area contributed by atoms with Crippen molar-refractivity contribution in [3.8, 4) is 0 Å². The van der Waals surface area contributed by atoms with E-state index in [4.69, 9.17) is 10.5 Å². The van der Waals surface area contributed by atoms with Crippen LogP contribution in [0.4, 0.5) is 0 Å². The van der Waals surface area contributed by atoms with Crippen LogP contribution >= 0.6 is 0 Å². The third kappa shape index (κ3) is 1.90. The maximum absolute atomic E-state index is 5.32. The first kappa shape index (κ1) is 7.38. The van der Waals surface area contributed by atoms with Crippen LogP contribution in [0.2, 0.25) is 0 Å². The maximum Gasteiger partial charge on any atom is 0.282 e. The van der Waals surface area contributed by atoms with E-state index in [-0.39, 0.29) is 6.10 Å². The summed E-state index contributed by atoms with van der Waals surface area (Å²) in [5.41, 5.74) is 5.32. The van der Waals surface area contributed by atoms with Gasteiger partial charge >= 0.3 is 0 Å². The molecule has 10 heavy (non-hydrogen) atoms. The van der Waals surface area contributed by atoms with Gasteiger partial charge < -0.3 is 10.5 Å². The molecule has 0 aromatic rings. The normalized spacial score (nSPS) is 24.1. The van der Waals surface area contributed by atoms with Crippen LogP contribution in [0, 0.1) is 0 Å². The molecule has 58 valence electrons. The SMILES string of the molecule is CCCCC1CN=C(N)O1. The Morgan fingerprint density at radius 2 is 2.60 bits per heavy atom. The third-order valence-corrected chi connectivity index (χ3v) is 1.62. The number of aliphatic imine (C=N–C) groups is 1. The number of nitrogens with two attached hydrogens (primary N) is 1. The number of rotatable bonds is 3. The van der Waals surface area contributed by atoms with Gasteiger partial charge in [-0.15, -0.1) is 0 Å². The standard InChI is InChI=1S/C7H14N2O/c1-2-3-4-6-5-9-7(8)10-6/h6H,2-5H2,1H3,(H2,8,9). The van der Waals surface area contributed by atoms with Gasteiger partial charge in [-0.25, -0.2) is 4.99 Å². The zero-order chi connectivity index (χ0) is 7.40. The zero-order valence-corrected chi connectivity index (χ0v) is 6.34. The fourth-order valence-electron chi connectivity index (χ4n) is 1.02. The van der Waals surface area contributed by atoms with Gasteiger partial charge in [-0.1, -0.05) is 13.3 Å². The van der Waals surface area contributed by atoms with Gasteiger partial charge in [0, 0.05) is 0 Å². The van der Waals surface area contributed by atoms with Gasteiger partial charge in [0.05, 0.1) is 6.54 Å². The molecular formula is C7H14N2O. The van der Waals surface area contributed by atoms with Crippen molar-refractivity contribution in [2.45, 2.75) is 32.3 Å². The summed E-state index contributed by atoms with van der Waals surface area (Å²) in [6.07, 6.45) is 3.76. The van der Waals surface area contributed by atoms with E-state index >= 15 is 0 Å². The Morgan fingerprint density at radius 3 is 3.10 bits per heavy atom. The first-order valence-corrected chi connectivity index (χ1v) is 3.79. The van der Waals surface area contributed by atoms with Crippen LogP contribution in [0.5, 0.6) is 0 Å². The Bertz CT molecular complexity index is 134. The molecule has 0 aromatic heterocycles. The number of nitrogens with zero attached hydrogens (tertiary/aromatic N) is 1. The van der Waals surface area contributed by atoms with E-state index < -0.39 is 0 Å². The lowest BCUT2D eigenvalue weighted by Crippen LogP contribution is -2.17. The van der Waals surface area contributed by atoms with E-state index in [0.29, 0.717) is 6.02 Å². The Morgan fingerprint density at radius 1 is 1.80 bits per heavy atom. The average Bonchev–Trinajstić information content (AvgIpc) is 2.31. The minimum absolute atomic E-state index is 0.264. The summed E-state index contributed by atoms with van der Waals surface area (Å²) in [5.74, 6) is 0. The Hall–Kier alpha value is -0.730. The number of hydrogen-bond acceptors (Lipinski definition) is 3. The molecule has 0 saturated carbocycles. The molecule has 0 radical (unpaired) electrons. The Balaban J connectivity index is 2.11. The first-order valence-electron chi connectivity index (χ1n) is 3.79. The number of ether oxygens (including phenoxy) is 1. The summed E-state index contributed by atoms with van der Waals surface area (Å²) < 4.78 is 5.19. The van der Waals surface area contributed by atoms with Gasteiger partial charge in [0.2, 0.25) is 0 Å². The van der Waals surface area contributed by atoms with Crippen molar-refractivity contribution in [3.63, 3.8) is 0 Å². The highest BCUT2D eigenvalue weighted by Crippen LogP contribution is 2.09. The molecule has 1 unspecified atom stereocenters. The van der Waals surface area contributed by atoms with Crippen molar-refractivity contribution in [2.24, 2.45) is 10.7 Å². The molecule has 0 spiro atoms. The van der Waals surface area contributed by atoms with Crippen LogP contribution < -0.4 is 5.73 Å². The lowest BCUT2D eigenvalue weighted by molar-refractivity contribution is 0.206. The molecular weight excluding hydrogens is 128 g/mol. The van der Waals surface area contributed by atoms with Crippen molar-refractivity contribution >= 4 is 6.02 Å². The van der Waals surface area contributed by atoms with Crippen LogP contribution in [0.1, 0.15) is 26.2 Å². The third-order valence-electron chi connectivity index (χ3n) is 1.62. The average molecular weight is 142 g/mol. The lowest BCUT2D eigenvalue weighted by Gasteiger charge is -2.07. The molecule has 0 saturated heterocycles. The molecule has 1 atom stereocenters. The Kier molecular flexibility index (Phi) is 2.54. The van der Waals surface area contributed by atoms with Gasteiger partial charge in [-0.2, -0.15) is 0 Å². The van der Waals surface area contributed by atoms with E-state index in [1.54, 1.807) is 0 Å². The minimum atomic E-state index is 0.264. The van der Waals surface area contributed by atoms with Crippen molar-refractivity contribution < 1.29 is 4.74 Å². The van der Waals surface area contributed by atoms with Gasteiger partial charge in [0.1, 0.15) is 6.10 Å². The highest BCUT2D eigenvalue weighted by atomic mass is 16.5. The number of amidine groups is 1. The number of unbranched alkanes of at least 4 members (excludes halogenated alkanes) is 1. The molecule has 1 aliphatic heterocycles. The fraction of sp³-hybridized carbons (Fsp3) is 0.857. The molecule has 2 N–H and O–H groups in total. The minimum Gasteiger partial charge on any atom is -0.460 e. The summed E-state index contributed by atoms with van der Waals surface area (Å²) in [6.45, 7) is 2.92. The second kappa shape index (κ2) is 3.44. The predicted molar refractivity (Wildman–Crippen MR) is 40.9 cm³/mol.